The van der Waals surface area contributed by atoms with Gasteiger partial charge < -0.3 is 5.32 Å². The highest BCUT2D eigenvalue weighted by atomic mass is 16.1. The predicted molar refractivity (Wildman–Crippen MR) is 92.1 cm³/mol. The Balaban J connectivity index is 1.65. The van der Waals surface area contributed by atoms with Crippen molar-refractivity contribution in [3.63, 3.8) is 0 Å². The topological polar surface area (TPSA) is 46.9 Å². The summed E-state index contributed by atoms with van der Waals surface area (Å²) < 4.78 is 1.83. The van der Waals surface area contributed by atoms with Crippen LogP contribution < -0.4 is 5.32 Å². The first kappa shape index (κ1) is 15.8. The van der Waals surface area contributed by atoms with E-state index in [1.54, 1.807) is 0 Å². The molecule has 0 aliphatic heterocycles. The Morgan fingerprint density at radius 3 is 2.65 bits per heavy atom. The Kier molecular flexibility index (Phi) is 4.79. The van der Waals surface area contributed by atoms with Crippen LogP contribution in [0.2, 0.25) is 0 Å². The molecule has 1 saturated carbocycles. The molecule has 0 radical (unpaired) electrons. The highest BCUT2D eigenvalue weighted by Gasteiger charge is 2.18. The Morgan fingerprint density at radius 1 is 1.26 bits per heavy atom. The van der Waals surface area contributed by atoms with E-state index in [1.165, 1.54) is 18.4 Å². The first-order valence-corrected chi connectivity index (χ1v) is 8.51. The Bertz CT molecular complexity index is 666. The highest BCUT2D eigenvalue weighted by Crippen LogP contribution is 2.23. The molecule has 122 valence electrons. The van der Waals surface area contributed by atoms with Gasteiger partial charge in [0.1, 0.15) is 0 Å². The molecular formula is C19H25N3O. The minimum absolute atomic E-state index is 0.163. The summed E-state index contributed by atoms with van der Waals surface area (Å²) >= 11 is 0. The number of aryl methyl sites for hydroxylation is 3. The van der Waals surface area contributed by atoms with Crippen molar-refractivity contribution in [3.05, 3.63) is 41.6 Å². The molecule has 1 aromatic heterocycles. The van der Waals surface area contributed by atoms with Crippen LogP contribution in [-0.2, 0) is 18.3 Å². The molecule has 1 aliphatic rings. The average Bonchev–Trinajstić information content (AvgIpc) is 3.15. The molecule has 0 bridgehead atoms. The van der Waals surface area contributed by atoms with Crippen LogP contribution in [0.1, 0.15) is 43.2 Å². The lowest BCUT2D eigenvalue weighted by Gasteiger charge is -2.11. The van der Waals surface area contributed by atoms with Gasteiger partial charge in [-0.15, -0.1) is 0 Å². The van der Waals surface area contributed by atoms with Crippen LogP contribution in [-0.4, -0.2) is 21.7 Å². The van der Waals surface area contributed by atoms with E-state index in [0.717, 1.165) is 36.1 Å². The van der Waals surface area contributed by atoms with Crippen molar-refractivity contribution in [3.8, 4) is 11.3 Å². The minimum atomic E-state index is 0.163. The van der Waals surface area contributed by atoms with E-state index in [-0.39, 0.29) is 5.91 Å². The summed E-state index contributed by atoms with van der Waals surface area (Å²) in [6.07, 6.45) is 8.03. The number of rotatable bonds is 5. The number of aromatic nitrogens is 2. The van der Waals surface area contributed by atoms with Crippen LogP contribution in [0.4, 0.5) is 0 Å². The molecule has 1 aliphatic carbocycles. The van der Waals surface area contributed by atoms with Crippen molar-refractivity contribution in [2.24, 2.45) is 7.05 Å². The van der Waals surface area contributed by atoms with E-state index in [2.05, 4.69) is 41.6 Å². The van der Waals surface area contributed by atoms with Gasteiger partial charge in [0.15, 0.2) is 0 Å². The molecule has 1 amide bonds. The van der Waals surface area contributed by atoms with Gasteiger partial charge in [-0.1, -0.05) is 42.7 Å². The molecule has 1 aromatic carbocycles. The van der Waals surface area contributed by atoms with E-state index in [1.807, 2.05) is 17.9 Å². The molecule has 4 nitrogen and oxygen atoms in total. The number of hydrogen-bond donors (Lipinski definition) is 1. The average molecular weight is 311 g/mol. The summed E-state index contributed by atoms with van der Waals surface area (Å²) in [5.41, 5.74) is 4.48. The fourth-order valence-corrected chi connectivity index (χ4v) is 3.29. The third kappa shape index (κ3) is 4.01. The number of nitrogens with zero attached hydrogens (tertiary/aromatic N) is 2. The number of nitrogens with one attached hydrogen (secondary N) is 1. The van der Waals surface area contributed by atoms with Crippen molar-refractivity contribution >= 4 is 5.91 Å². The van der Waals surface area contributed by atoms with Crippen molar-refractivity contribution < 1.29 is 4.79 Å². The molecule has 0 saturated heterocycles. The van der Waals surface area contributed by atoms with Crippen LogP contribution in [0.15, 0.2) is 30.5 Å². The largest absolute Gasteiger partial charge is 0.353 e. The third-order valence-corrected chi connectivity index (χ3v) is 4.57. The molecule has 3 rings (SSSR count). The fraction of sp³-hybridized carbons (Fsp3) is 0.474. The lowest BCUT2D eigenvalue weighted by molar-refractivity contribution is -0.121. The molecule has 1 fully saturated rings. The Labute approximate surface area is 137 Å². The number of benzene rings is 1. The molecule has 0 unspecified atom stereocenters. The van der Waals surface area contributed by atoms with Crippen LogP contribution in [0.25, 0.3) is 11.3 Å². The van der Waals surface area contributed by atoms with Crippen molar-refractivity contribution in [1.82, 2.24) is 15.1 Å². The van der Waals surface area contributed by atoms with Crippen molar-refractivity contribution in [2.75, 3.05) is 0 Å². The maximum Gasteiger partial charge on any atom is 0.220 e. The normalized spacial score (nSPS) is 15.0. The van der Waals surface area contributed by atoms with Crippen LogP contribution in [0.3, 0.4) is 0 Å². The van der Waals surface area contributed by atoms with Gasteiger partial charge in [-0.3, -0.25) is 9.48 Å². The van der Waals surface area contributed by atoms with Gasteiger partial charge in [-0.05, 0) is 31.7 Å². The second-order valence-corrected chi connectivity index (χ2v) is 6.59. The molecule has 4 heteroatoms. The number of carbonyl (C=O) groups is 1. The first-order valence-electron chi connectivity index (χ1n) is 8.51. The second kappa shape index (κ2) is 6.99. The smallest absolute Gasteiger partial charge is 0.220 e. The molecule has 2 aromatic rings. The quantitative estimate of drug-likeness (QED) is 0.920. The molecule has 0 atom stereocenters. The van der Waals surface area contributed by atoms with E-state index in [9.17, 15) is 4.79 Å². The number of amides is 1. The van der Waals surface area contributed by atoms with Crippen LogP contribution >= 0.6 is 0 Å². The Morgan fingerprint density at radius 2 is 1.96 bits per heavy atom. The lowest BCUT2D eigenvalue weighted by atomic mass is 10.0. The standard InChI is InChI=1S/C19H25N3O/c1-14-7-9-15(10-8-14)19-16(13-22(2)21-19)11-12-18(23)20-17-5-3-4-6-17/h7-10,13,17H,3-6,11-12H2,1-2H3,(H,20,23). The van der Waals surface area contributed by atoms with Gasteiger partial charge in [0.25, 0.3) is 0 Å². The van der Waals surface area contributed by atoms with Crippen LogP contribution in [0.5, 0.6) is 0 Å². The first-order chi connectivity index (χ1) is 11.1. The maximum atomic E-state index is 12.1. The van der Waals surface area contributed by atoms with Gasteiger partial charge >= 0.3 is 0 Å². The van der Waals surface area contributed by atoms with E-state index < -0.39 is 0 Å². The fourth-order valence-electron chi connectivity index (χ4n) is 3.29. The SMILES string of the molecule is Cc1ccc(-c2nn(C)cc2CCC(=O)NC2CCCC2)cc1. The summed E-state index contributed by atoms with van der Waals surface area (Å²) in [5.74, 6) is 0.163. The van der Waals surface area contributed by atoms with Gasteiger partial charge in [-0.2, -0.15) is 5.10 Å². The van der Waals surface area contributed by atoms with Crippen LogP contribution in [0, 0.1) is 6.92 Å². The zero-order valence-corrected chi connectivity index (χ0v) is 14.0. The molecule has 1 heterocycles. The summed E-state index contributed by atoms with van der Waals surface area (Å²) in [4.78, 5) is 12.1. The van der Waals surface area contributed by atoms with E-state index >= 15 is 0 Å². The minimum Gasteiger partial charge on any atom is -0.353 e. The maximum absolute atomic E-state index is 12.1. The van der Waals surface area contributed by atoms with Gasteiger partial charge in [0.05, 0.1) is 5.69 Å². The molecule has 0 spiro atoms. The molecular weight excluding hydrogens is 286 g/mol. The summed E-state index contributed by atoms with van der Waals surface area (Å²) in [6, 6.07) is 8.79. The third-order valence-electron chi connectivity index (χ3n) is 4.57. The van der Waals surface area contributed by atoms with Gasteiger partial charge in [-0.25, -0.2) is 0 Å². The van der Waals surface area contributed by atoms with Gasteiger partial charge in [0.2, 0.25) is 5.91 Å². The molecule has 1 N–H and O–H groups in total. The summed E-state index contributed by atoms with van der Waals surface area (Å²) in [6.45, 7) is 2.08. The summed E-state index contributed by atoms with van der Waals surface area (Å²) in [7, 11) is 1.93. The highest BCUT2D eigenvalue weighted by molar-refractivity contribution is 5.77. The molecule has 23 heavy (non-hydrogen) atoms. The predicted octanol–water partition coefficient (Wildman–Crippen LogP) is 3.39. The van der Waals surface area contributed by atoms with E-state index in [4.69, 9.17) is 0 Å². The zero-order valence-electron chi connectivity index (χ0n) is 14.0. The zero-order chi connectivity index (χ0) is 16.2. The summed E-state index contributed by atoms with van der Waals surface area (Å²) in [5, 5.41) is 7.73. The lowest BCUT2D eigenvalue weighted by Crippen LogP contribution is -2.32. The Hall–Kier alpha value is -2.10. The van der Waals surface area contributed by atoms with Gasteiger partial charge in [0, 0.05) is 31.3 Å². The van der Waals surface area contributed by atoms with E-state index in [0.29, 0.717) is 12.5 Å². The number of hydrogen-bond acceptors (Lipinski definition) is 2. The monoisotopic (exact) mass is 311 g/mol. The number of carbonyl (C=O) groups excluding carboxylic acids is 1. The second-order valence-electron chi connectivity index (χ2n) is 6.59. The van der Waals surface area contributed by atoms with Crippen molar-refractivity contribution in [2.45, 2.75) is 51.5 Å². The van der Waals surface area contributed by atoms with Crippen molar-refractivity contribution in [1.29, 1.82) is 0 Å².